The van der Waals surface area contributed by atoms with Crippen molar-refractivity contribution in [3.8, 4) is 17.2 Å². The fourth-order valence-electron chi connectivity index (χ4n) is 3.08. The number of imidazole rings is 1. The Morgan fingerprint density at radius 2 is 1.75 bits per heavy atom. The van der Waals surface area contributed by atoms with Crippen molar-refractivity contribution in [2.24, 2.45) is 0 Å². The first-order chi connectivity index (χ1) is 15.7. The van der Waals surface area contributed by atoms with Crippen LogP contribution in [0.1, 0.15) is 19.0 Å². The second-order valence-electron chi connectivity index (χ2n) is 7.17. The smallest absolute Gasteiger partial charge is 0.262 e. The number of hydrogen-bond acceptors (Lipinski definition) is 5. The van der Waals surface area contributed by atoms with Gasteiger partial charge in [-0.2, -0.15) is 0 Å². The summed E-state index contributed by atoms with van der Waals surface area (Å²) in [6.45, 7) is 2.96. The molecular formula is C25H25N3O4. The highest BCUT2D eigenvalue weighted by Gasteiger charge is 2.07. The Morgan fingerprint density at radius 1 is 0.938 bits per heavy atom. The van der Waals surface area contributed by atoms with E-state index in [0.717, 1.165) is 23.5 Å². The van der Waals surface area contributed by atoms with Crippen LogP contribution in [0.15, 0.2) is 79.1 Å². The zero-order valence-corrected chi connectivity index (χ0v) is 17.9. The molecule has 1 amide bonds. The van der Waals surface area contributed by atoms with Crippen LogP contribution in [0, 0.1) is 0 Å². The Hall–Kier alpha value is -4.00. The molecular weight excluding hydrogens is 406 g/mol. The van der Waals surface area contributed by atoms with Gasteiger partial charge in [0.15, 0.2) is 6.61 Å². The normalized spacial score (nSPS) is 10.7. The number of carbonyl (C=O) groups excluding carboxylic acids is 1. The molecule has 0 radical (unpaired) electrons. The first-order valence-electron chi connectivity index (χ1n) is 10.5. The van der Waals surface area contributed by atoms with Gasteiger partial charge in [0.05, 0.1) is 12.3 Å². The van der Waals surface area contributed by atoms with Crippen molar-refractivity contribution in [2.75, 3.05) is 18.5 Å². The molecule has 0 aliphatic heterocycles. The van der Waals surface area contributed by atoms with Crippen LogP contribution >= 0.6 is 0 Å². The number of aromatic nitrogens is 2. The predicted molar refractivity (Wildman–Crippen MR) is 122 cm³/mol. The molecule has 4 rings (SSSR count). The van der Waals surface area contributed by atoms with Crippen molar-refractivity contribution in [3.63, 3.8) is 0 Å². The van der Waals surface area contributed by atoms with Crippen LogP contribution in [0.2, 0.25) is 0 Å². The lowest BCUT2D eigenvalue weighted by atomic mass is 10.3. The maximum atomic E-state index is 12.3. The van der Waals surface area contributed by atoms with Gasteiger partial charge in [-0.05, 0) is 55.0 Å². The number of nitrogens with one attached hydrogen (secondary N) is 1. The third kappa shape index (κ3) is 5.78. The van der Waals surface area contributed by atoms with E-state index in [1.165, 1.54) is 0 Å². The summed E-state index contributed by atoms with van der Waals surface area (Å²) in [6, 6.07) is 20.3. The molecule has 0 bridgehead atoms. The average Bonchev–Trinajstić information content (AvgIpc) is 3.24. The average molecular weight is 431 g/mol. The van der Waals surface area contributed by atoms with Gasteiger partial charge in [-0.25, -0.2) is 4.98 Å². The van der Waals surface area contributed by atoms with E-state index in [9.17, 15) is 4.79 Å². The molecule has 1 N–H and O–H groups in total. The summed E-state index contributed by atoms with van der Waals surface area (Å²) in [4.78, 5) is 16.8. The number of nitrogens with zero attached hydrogens (tertiary/aromatic N) is 2. The summed E-state index contributed by atoms with van der Waals surface area (Å²) < 4.78 is 18.9. The van der Waals surface area contributed by atoms with Crippen molar-refractivity contribution < 1.29 is 19.0 Å². The molecule has 0 unspecified atom stereocenters. The SMILES string of the molecule is CCCOc1ccc(OCC(=O)Nc2cccc(OCc3cn4ccccc4n3)c2)cc1. The molecule has 0 spiro atoms. The summed E-state index contributed by atoms with van der Waals surface area (Å²) in [5.74, 6) is 1.77. The summed E-state index contributed by atoms with van der Waals surface area (Å²) >= 11 is 0. The molecule has 164 valence electrons. The van der Waals surface area contributed by atoms with Crippen molar-refractivity contribution in [1.29, 1.82) is 0 Å². The minimum Gasteiger partial charge on any atom is -0.494 e. The lowest BCUT2D eigenvalue weighted by molar-refractivity contribution is -0.118. The van der Waals surface area contributed by atoms with Gasteiger partial charge < -0.3 is 23.9 Å². The van der Waals surface area contributed by atoms with E-state index in [-0.39, 0.29) is 12.5 Å². The Bertz CT molecular complexity index is 1140. The zero-order chi connectivity index (χ0) is 22.2. The van der Waals surface area contributed by atoms with E-state index in [4.69, 9.17) is 14.2 Å². The number of anilines is 1. The highest BCUT2D eigenvalue weighted by Crippen LogP contribution is 2.20. The monoisotopic (exact) mass is 431 g/mol. The minimum absolute atomic E-state index is 0.0957. The third-order valence-electron chi connectivity index (χ3n) is 4.58. The predicted octanol–water partition coefficient (Wildman–Crippen LogP) is 4.72. The maximum Gasteiger partial charge on any atom is 0.262 e. The van der Waals surface area contributed by atoms with Gasteiger partial charge in [-0.1, -0.05) is 19.1 Å². The number of carbonyl (C=O) groups is 1. The molecule has 2 aromatic carbocycles. The quantitative estimate of drug-likeness (QED) is 0.393. The number of pyridine rings is 1. The van der Waals surface area contributed by atoms with Gasteiger partial charge in [0.25, 0.3) is 5.91 Å². The Morgan fingerprint density at radius 3 is 2.53 bits per heavy atom. The van der Waals surface area contributed by atoms with E-state index < -0.39 is 0 Å². The molecule has 0 saturated heterocycles. The van der Waals surface area contributed by atoms with Crippen molar-refractivity contribution >= 4 is 17.2 Å². The Kier molecular flexibility index (Phi) is 6.87. The number of hydrogen-bond donors (Lipinski definition) is 1. The van der Waals surface area contributed by atoms with Crippen molar-refractivity contribution in [2.45, 2.75) is 20.0 Å². The second kappa shape index (κ2) is 10.3. The summed E-state index contributed by atoms with van der Waals surface area (Å²) in [5, 5.41) is 2.82. The van der Waals surface area contributed by atoms with Crippen LogP contribution in [0.3, 0.4) is 0 Å². The molecule has 7 nitrogen and oxygen atoms in total. The van der Waals surface area contributed by atoms with Crippen molar-refractivity contribution in [3.05, 3.63) is 84.8 Å². The number of ether oxygens (including phenoxy) is 3. The molecule has 7 heteroatoms. The molecule has 0 aliphatic rings. The largest absolute Gasteiger partial charge is 0.494 e. The first kappa shape index (κ1) is 21.2. The van der Waals surface area contributed by atoms with E-state index in [1.807, 2.05) is 59.3 Å². The Labute approximate surface area is 186 Å². The Balaban J connectivity index is 1.27. The van der Waals surface area contributed by atoms with E-state index >= 15 is 0 Å². The number of benzene rings is 2. The molecule has 32 heavy (non-hydrogen) atoms. The van der Waals surface area contributed by atoms with Gasteiger partial charge in [0.2, 0.25) is 0 Å². The second-order valence-corrected chi connectivity index (χ2v) is 7.17. The number of rotatable bonds is 10. The standard InChI is InChI=1S/C25H25N3O4/c1-2-14-30-21-9-11-22(12-10-21)32-18-25(29)27-19-6-5-7-23(15-19)31-17-20-16-28-13-4-3-8-24(28)26-20/h3-13,15-16H,2,14,17-18H2,1H3,(H,27,29). The first-order valence-corrected chi connectivity index (χ1v) is 10.5. The molecule has 0 saturated carbocycles. The minimum atomic E-state index is -0.256. The third-order valence-corrected chi connectivity index (χ3v) is 4.58. The fourth-order valence-corrected chi connectivity index (χ4v) is 3.08. The van der Waals surface area contributed by atoms with Crippen molar-refractivity contribution in [1.82, 2.24) is 9.38 Å². The lowest BCUT2D eigenvalue weighted by Crippen LogP contribution is -2.20. The van der Waals surface area contributed by atoms with E-state index in [0.29, 0.717) is 30.4 Å². The maximum absolute atomic E-state index is 12.3. The van der Waals surface area contributed by atoms with Gasteiger partial charge in [0.1, 0.15) is 29.5 Å². The molecule has 0 fully saturated rings. The van der Waals surface area contributed by atoms with Gasteiger partial charge >= 0.3 is 0 Å². The van der Waals surface area contributed by atoms with Crippen LogP contribution < -0.4 is 19.5 Å². The highest BCUT2D eigenvalue weighted by atomic mass is 16.5. The molecule has 4 aromatic rings. The van der Waals surface area contributed by atoms with Crippen LogP contribution in [0.25, 0.3) is 5.65 Å². The number of amides is 1. The lowest BCUT2D eigenvalue weighted by Gasteiger charge is -2.10. The molecule has 2 aromatic heterocycles. The summed E-state index contributed by atoms with van der Waals surface area (Å²) in [5.41, 5.74) is 2.33. The molecule has 0 aliphatic carbocycles. The van der Waals surface area contributed by atoms with Crippen LogP contribution in [0.5, 0.6) is 17.2 Å². The van der Waals surface area contributed by atoms with Gasteiger partial charge in [0, 0.05) is 24.1 Å². The number of fused-ring (bicyclic) bond motifs is 1. The fraction of sp³-hybridized carbons (Fsp3) is 0.200. The van der Waals surface area contributed by atoms with Gasteiger partial charge in [-0.15, -0.1) is 0 Å². The van der Waals surface area contributed by atoms with Crippen LogP contribution in [-0.2, 0) is 11.4 Å². The molecule has 0 atom stereocenters. The van der Waals surface area contributed by atoms with E-state index in [2.05, 4.69) is 17.2 Å². The van der Waals surface area contributed by atoms with Crippen LogP contribution in [0.4, 0.5) is 5.69 Å². The topological polar surface area (TPSA) is 74.1 Å². The zero-order valence-electron chi connectivity index (χ0n) is 17.9. The summed E-state index contributed by atoms with van der Waals surface area (Å²) in [7, 11) is 0. The molecule has 2 heterocycles. The van der Waals surface area contributed by atoms with Crippen LogP contribution in [-0.4, -0.2) is 28.5 Å². The van der Waals surface area contributed by atoms with E-state index in [1.54, 1.807) is 24.3 Å². The highest BCUT2D eigenvalue weighted by molar-refractivity contribution is 5.92. The van der Waals surface area contributed by atoms with Gasteiger partial charge in [-0.3, -0.25) is 4.79 Å². The summed E-state index contributed by atoms with van der Waals surface area (Å²) in [6.07, 6.45) is 4.82.